The molecule has 1 aromatic carbocycles. The highest BCUT2D eigenvalue weighted by atomic mass is 35.5. The maximum atomic E-state index is 6.00. The maximum Gasteiger partial charge on any atom is 0.234 e. The molecule has 3 aromatic rings. The normalized spacial score (nSPS) is 10.7. The van der Waals surface area contributed by atoms with E-state index in [0.717, 1.165) is 16.7 Å². The van der Waals surface area contributed by atoms with Crippen LogP contribution in [0.5, 0.6) is 5.88 Å². The van der Waals surface area contributed by atoms with E-state index in [4.69, 9.17) is 39.5 Å². The van der Waals surface area contributed by atoms with Gasteiger partial charge < -0.3 is 10.1 Å². The Kier molecular flexibility index (Phi) is 5.00. The maximum absolute atomic E-state index is 6.00. The molecule has 0 aliphatic heterocycles. The summed E-state index contributed by atoms with van der Waals surface area (Å²) in [5.41, 5.74) is 0.875. The third-order valence-electron chi connectivity index (χ3n) is 3.03. The number of hydrogen-bond acceptors (Lipinski definition) is 5. The monoisotopic (exact) mass is 368 g/mol. The predicted octanol–water partition coefficient (Wildman–Crippen LogP) is 4.48. The van der Waals surface area contributed by atoms with Crippen molar-refractivity contribution in [2.24, 2.45) is 0 Å². The van der Waals surface area contributed by atoms with Gasteiger partial charge in [0.2, 0.25) is 5.88 Å². The quantitative estimate of drug-likeness (QED) is 0.531. The summed E-state index contributed by atoms with van der Waals surface area (Å²) >= 11 is 17.7. The van der Waals surface area contributed by atoms with E-state index in [1.807, 2.05) is 24.3 Å². The molecule has 0 radical (unpaired) electrons. The Hall–Kier alpha value is -1.82. The fourth-order valence-corrected chi connectivity index (χ4v) is 2.54. The lowest BCUT2D eigenvalue weighted by Gasteiger charge is -2.10. The van der Waals surface area contributed by atoms with Gasteiger partial charge in [-0.1, -0.05) is 46.9 Å². The van der Waals surface area contributed by atoms with Crippen molar-refractivity contribution in [2.75, 3.05) is 18.5 Å². The first-order chi connectivity index (χ1) is 11.1. The SMILES string of the molecule is Clc1cc(Cl)c(OCCNc2ncnc3ccccc23)nc1Cl. The van der Waals surface area contributed by atoms with Crippen LogP contribution < -0.4 is 10.1 Å². The number of aromatic nitrogens is 3. The molecule has 0 spiro atoms. The van der Waals surface area contributed by atoms with Crippen LogP contribution >= 0.6 is 34.8 Å². The van der Waals surface area contributed by atoms with Crippen molar-refractivity contribution in [3.8, 4) is 5.88 Å². The lowest BCUT2D eigenvalue weighted by Crippen LogP contribution is -2.13. The zero-order valence-corrected chi connectivity index (χ0v) is 14.0. The Labute approximate surface area is 147 Å². The number of nitrogens with one attached hydrogen (secondary N) is 1. The molecule has 0 atom stereocenters. The Bertz CT molecular complexity index is 839. The van der Waals surface area contributed by atoms with Gasteiger partial charge in [0, 0.05) is 5.39 Å². The Balaban J connectivity index is 1.63. The number of rotatable bonds is 5. The van der Waals surface area contributed by atoms with Crippen molar-refractivity contribution in [1.29, 1.82) is 0 Å². The largest absolute Gasteiger partial charge is 0.475 e. The first kappa shape index (κ1) is 16.1. The molecule has 0 bridgehead atoms. The molecule has 2 aromatic heterocycles. The van der Waals surface area contributed by atoms with Gasteiger partial charge in [0.1, 0.15) is 23.8 Å². The van der Waals surface area contributed by atoms with Gasteiger partial charge in [0.25, 0.3) is 0 Å². The van der Waals surface area contributed by atoms with Crippen LogP contribution in [0.4, 0.5) is 5.82 Å². The minimum Gasteiger partial charge on any atom is -0.475 e. The molecule has 8 heteroatoms. The van der Waals surface area contributed by atoms with E-state index in [1.54, 1.807) is 0 Å². The Morgan fingerprint density at radius 1 is 1.04 bits per heavy atom. The van der Waals surface area contributed by atoms with Crippen molar-refractivity contribution in [3.05, 3.63) is 51.9 Å². The predicted molar refractivity (Wildman–Crippen MR) is 92.8 cm³/mol. The first-order valence-electron chi connectivity index (χ1n) is 6.73. The number of para-hydroxylation sites is 1. The second-order valence-corrected chi connectivity index (χ2v) is 5.74. The molecule has 0 aliphatic rings. The number of halogens is 3. The summed E-state index contributed by atoms with van der Waals surface area (Å²) in [4.78, 5) is 12.4. The van der Waals surface area contributed by atoms with E-state index >= 15 is 0 Å². The van der Waals surface area contributed by atoms with E-state index in [2.05, 4.69) is 20.3 Å². The average molecular weight is 370 g/mol. The first-order valence-corrected chi connectivity index (χ1v) is 7.86. The van der Waals surface area contributed by atoms with Crippen LogP contribution in [0, 0.1) is 0 Å². The van der Waals surface area contributed by atoms with Gasteiger partial charge in [-0.15, -0.1) is 0 Å². The summed E-state index contributed by atoms with van der Waals surface area (Å²) in [5, 5.41) is 4.89. The topological polar surface area (TPSA) is 59.9 Å². The number of ether oxygens (including phenoxy) is 1. The molecule has 1 N–H and O–H groups in total. The molecule has 0 amide bonds. The van der Waals surface area contributed by atoms with Crippen LogP contribution in [-0.2, 0) is 0 Å². The standard InChI is InChI=1S/C15H11Cl3N4O/c16-10-7-11(17)15(22-13(10)18)23-6-5-19-14-9-3-1-2-4-12(9)20-8-21-14/h1-4,7-8H,5-6H2,(H,19,20,21). The molecule has 2 heterocycles. The summed E-state index contributed by atoms with van der Waals surface area (Å²) in [6.45, 7) is 0.849. The molecule has 0 saturated heterocycles. The molecule has 0 unspecified atom stereocenters. The summed E-state index contributed by atoms with van der Waals surface area (Å²) in [6, 6.07) is 9.25. The molecular formula is C15H11Cl3N4O. The van der Waals surface area contributed by atoms with Crippen LogP contribution in [0.25, 0.3) is 10.9 Å². The Morgan fingerprint density at radius 2 is 1.87 bits per heavy atom. The van der Waals surface area contributed by atoms with Crippen molar-refractivity contribution < 1.29 is 4.74 Å². The molecule has 0 saturated carbocycles. The number of benzene rings is 1. The van der Waals surface area contributed by atoms with Crippen LogP contribution in [0.3, 0.4) is 0 Å². The van der Waals surface area contributed by atoms with E-state index in [9.17, 15) is 0 Å². The van der Waals surface area contributed by atoms with Crippen LogP contribution in [0.2, 0.25) is 15.2 Å². The van der Waals surface area contributed by atoms with Gasteiger partial charge in [-0.05, 0) is 18.2 Å². The third-order valence-corrected chi connectivity index (χ3v) is 3.97. The minimum absolute atomic E-state index is 0.154. The van der Waals surface area contributed by atoms with Gasteiger partial charge >= 0.3 is 0 Å². The third kappa shape index (κ3) is 3.75. The Morgan fingerprint density at radius 3 is 2.74 bits per heavy atom. The van der Waals surface area contributed by atoms with Crippen molar-refractivity contribution in [1.82, 2.24) is 15.0 Å². The highest BCUT2D eigenvalue weighted by Gasteiger charge is 2.09. The molecule has 0 aliphatic carbocycles. The number of nitrogens with zero attached hydrogens (tertiary/aromatic N) is 3. The van der Waals surface area contributed by atoms with Crippen molar-refractivity contribution in [2.45, 2.75) is 0 Å². The summed E-state index contributed by atoms with van der Waals surface area (Å²) in [7, 11) is 0. The van der Waals surface area contributed by atoms with Gasteiger partial charge in [-0.25, -0.2) is 9.97 Å². The van der Waals surface area contributed by atoms with E-state index < -0.39 is 0 Å². The molecule has 23 heavy (non-hydrogen) atoms. The van der Waals surface area contributed by atoms with Gasteiger partial charge in [-0.3, -0.25) is 0 Å². The average Bonchev–Trinajstić information content (AvgIpc) is 2.56. The van der Waals surface area contributed by atoms with E-state index in [1.165, 1.54) is 12.4 Å². The summed E-state index contributed by atoms with van der Waals surface area (Å²) < 4.78 is 5.51. The van der Waals surface area contributed by atoms with E-state index in [-0.39, 0.29) is 16.1 Å². The van der Waals surface area contributed by atoms with Gasteiger partial charge in [-0.2, -0.15) is 4.98 Å². The molecule has 0 fully saturated rings. The smallest absolute Gasteiger partial charge is 0.234 e. The zero-order chi connectivity index (χ0) is 16.2. The van der Waals surface area contributed by atoms with Crippen molar-refractivity contribution >= 4 is 51.5 Å². The molecular weight excluding hydrogens is 359 g/mol. The lowest BCUT2D eigenvalue weighted by atomic mass is 10.2. The second-order valence-electron chi connectivity index (χ2n) is 4.56. The summed E-state index contributed by atoms with van der Waals surface area (Å²) in [5.74, 6) is 0.989. The molecule has 118 valence electrons. The number of anilines is 1. The summed E-state index contributed by atoms with van der Waals surface area (Å²) in [6.07, 6.45) is 1.52. The highest BCUT2D eigenvalue weighted by Crippen LogP contribution is 2.30. The molecule has 3 rings (SSSR count). The number of fused-ring (bicyclic) bond motifs is 1. The second kappa shape index (κ2) is 7.17. The van der Waals surface area contributed by atoms with Gasteiger partial charge in [0.05, 0.1) is 17.1 Å². The minimum atomic E-state index is 0.154. The zero-order valence-electron chi connectivity index (χ0n) is 11.8. The fraction of sp³-hybridized carbons (Fsp3) is 0.133. The van der Waals surface area contributed by atoms with Gasteiger partial charge in [0.15, 0.2) is 5.15 Å². The van der Waals surface area contributed by atoms with Crippen LogP contribution in [-0.4, -0.2) is 28.1 Å². The number of hydrogen-bond donors (Lipinski definition) is 1. The molecule has 5 nitrogen and oxygen atoms in total. The fourth-order valence-electron chi connectivity index (χ4n) is 1.99. The van der Waals surface area contributed by atoms with Crippen molar-refractivity contribution in [3.63, 3.8) is 0 Å². The van der Waals surface area contributed by atoms with Crippen LogP contribution in [0.1, 0.15) is 0 Å². The number of pyridine rings is 1. The lowest BCUT2D eigenvalue weighted by molar-refractivity contribution is 0.320. The highest BCUT2D eigenvalue weighted by molar-refractivity contribution is 6.42. The van der Waals surface area contributed by atoms with Crippen LogP contribution in [0.15, 0.2) is 36.7 Å². The van der Waals surface area contributed by atoms with E-state index in [0.29, 0.717) is 18.2 Å².